The molecule has 0 aliphatic carbocycles. The van der Waals surface area contributed by atoms with Crippen LogP contribution < -0.4 is 14.8 Å². The zero-order valence-corrected chi connectivity index (χ0v) is 15.0. The third kappa shape index (κ3) is 4.37. The van der Waals surface area contributed by atoms with Gasteiger partial charge in [-0.05, 0) is 36.4 Å². The predicted molar refractivity (Wildman–Crippen MR) is 98.7 cm³/mol. The van der Waals surface area contributed by atoms with Crippen molar-refractivity contribution in [2.75, 3.05) is 7.11 Å². The maximum atomic E-state index is 12.3. The highest BCUT2D eigenvalue weighted by molar-refractivity contribution is 6.31. The van der Waals surface area contributed by atoms with Gasteiger partial charge in [-0.15, -0.1) is 0 Å². The number of furan rings is 1. The molecule has 0 fully saturated rings. The lowest BCUT2D eigenvalue weighted by atomic mass is 10.2. The Bertz CT molecular complexity index is 877. The van der Waals surface area contributed by atoms with Gasteiger partial charge in [0.25, 0.3) is 5.91 Å². The minimum absolute atomic E-state index is 0.225. The van der Waals surface area contributed by atoms with Crippen LogP contribution in [0.1, 0.15) is 21.7 Å². The van der Waals surface area contributed by atoms with Gasteiger partial charge < -0.3 is 19.2 Å². The number of carbonyl (C=O) groups excluding carboxylic acids is 1. The molecule has 3 aromatic rings. The van der Waals surface area contributed by atoms with Gasteiger partial charge in [0.2, 0.25) is 0 Å². The molecule has 1 heterocycles. The van der Waals surface area contributed by atoms with E-state index in [-0.39, 0.29) is 5.91 Å². The number of hydrogen-bond donors (Lipinski definition) is 1. The molecule has 0 unspecified atom stereocenters. The summed E-state index contributed by atoms with van der Waals surface area (Å²) < 4.78 is 16.3. The summed E-state index contributed by atoms with van der Waals surface area (Å²) in [5, 5.41) is 3.43. The van der Waals surface area contributed by atoms with Gasteiger partial charge >= 0.3 is 0 Å². The molecule has 3 rings (SSSR count). The minimum Gasteiger partial charge on any atom is -0.493 e. The molecule has 0 aliphatic rings. The van der Waals surface area contributed by atoms with E-state index in [0.29, 0.717) is 41.0 Å². The standard InChI is InChI=1S/C20H18ClNO4/c1-24-19-11-14(20(23)22-12-16-6-4-10-25-16)8-9-18(19)26-13-15-5-2-3-7-17(15)21/h2-11H,12-13H2,1H3,(H,22,23). The average molecular weight is 372 g/mol. The van der Waals surface area contributed by atoms with Crippen molar-refractivity contribution in [2.45, 2.75) is 13.2 Å². The van der Waals surface area contributed by atoms with E-state index in [1.807, 2.05) is 24.3 Å². The van der Waals surface area contributed by atoms with Crippen molar-refractivity contribution in [3.63, 3.8) is 0 Å². The third-order valence-corrected chi connectivity index (χ3v) is 4.14. The van der Waals surface area contributed by atoms with Gasteiger partial charge in [0.05, 0.1) is 19.9 Å². The van der Waals surface area contributed by atoms with E-state index in [1.54, 1.807) is 36.6 Å². The van der Waals surface area contributed by atoms with E-state index in [4.69, 9.17) is 25.5 Å². The van der Waals surface area contributed by atoms with E-state index in [9.17, 15) is 4.79 Å². The van der Waals surface area contributed by atoms with E-state index in [0.717, 1.165) is 5.56 Å². The Morgan fingerprint density at radius 1 is 1.12 bits per heavy atom. The number of benzene rings is 2. The summed E-state index contributed by atoms with van der Waals surface area (Å²) in [6, 6.07) is 16.1. The number of carbonyl (C=O) groups is 1. The lowest BCUT2D eigenvalue weighted by Crippen LogP contribution is -2.22. The summed E-state index contributed by atoms with van der Waals surface area (Å²) >= 11 is 6.14. The molecule has 6 heteroatoms. The van der Waals surface area contributed by atoms with Crippen LogP contribution in [0.25, 0.3) is 0 Å². The number of methoxy groups -OCH3 is 1. The van der Waals surface area contributed by atoms with Crippen molar-refractivity contribution in [1.82, 2.24) is 5.32 Å². The maximum absolute atomic E-state index is 12.3. The Morgan fingerprint density at radius 2 is 1.96 bits per heavy atom. The van der Waals surface area contributed by atoms with E-state index in [1.165, 1.54) is 7.11 Å². The quantitative estimate of drug-likeness (QED) is 0.666. The van der Waals surface area contributed by atoms with Crippen molar-refractivity contribution < 1.29 is 18.7 Å². The van der Waals surface area contributed by atoms with Crippen LogP contribution in [0.3, 0.4) is 0 Å². The smallest absolute Gasteiger partial charge is 0.251 e. The Hall–Kier alpha value is -2.92. The molecule has 134 valence electrons. The fourth-order valence-corrected chi connectivity index (χ4v) is 2.57. The molecule has 0 spiro atoms. The zero-order valence-electron chi connectivity index (χ0n) is 14.2. The highest BCUT2D eigenvalue weighted by atomic mass is 35.5. The van der Waals surface area contributed by atoms with E-state index >= 15 is 0 Å². The van der Waals surface area contributed by atoms with Gasteiger partial charge in [-0.25, -0.2) is 0 Å². The van der Waals surface area contributed by atoms with Gasteiger partial charge in [-0.3, -0.25) is 4.79 Å². The Labute approximate surface area is 156 Å². The van der Waals surface area contributed by atoms with Crippen LogP contribution in [0.5, 0.6) is 11.5 Å². The van der Waals surface area contributed by atoms with Gasteiger partial charge in [-0.1, -0.05) is 29.8 Å². The highest BCUT2D eigenvalue weighted by Gasteiger charge is 2.12. The first-order chi connectivity index (χ1) is 12.7. The molecule has 1 amide bonds. The Balaban J connectivity index is 1.67. The lowest BCUT2D eigenvalue weighted by molar-refractivity contribution is 0.0947. The summed E-state index contributed by atoms with van der Waals surface area (Å²) in [6.45, 7) is 0.624. The third-order valence-electron chi connectivity index (χ3n) is 3.77. The maximum Gasteiger partial charge on any atom is 0.251 e. The number of amides is 1. The second-order valence-corrected chi connectivity index (χ2v) is 5.91. The molecule has 0 saturated carbocycles. The summed E-state index contributed by atoms with van der Waals surface area (Å²) in [5.41, 5.74) is 1.34. The fourth-order valence-electron chi connectivity index (χ4n) is 2.38. The molecule has 0 atom stereocenters. The fraction of sp³-hybridized carbons (Fsp3) is 0.150. The molecular weight excluding hydrogens is 354 g/mol. The minimum atomic E-state index is -0.225. The number of halogens is 1. The van der Waals surface area contributed by atoms with Crippen LogP contribution in [0, 0.1) is 0 Å². The first-order valence-electron chi connectivity index (χ1n) is 8.02. The largest absolute Gasteiger partial charge is 0.493 e. The predicted octanol–water partition coefficient (Wildman–Crippen LogP) is 4.45. The lowest BCUT2D eigenvalue weighted by Gasteiger charge is -2.13. The normalized spacial score (nSPS) is 10.4. The van der Waals surface area contributed by atoms with Crippen LogP contribution in [-0.4, -0.2) is 13.0 Å². The SMILES string of the molecule is COc1cc(C(=O)NCc2ccco2)ccc1OCc1ccccc1Cl. The Kier molecular flexibility index (Phi) is 5.81. The summed E-state index contributed by atoms with van der Waals surface area (Å²) in [6.07, 6.45) is 1.57. The van der Waals surface area contributed by atoms with Crippen LogP contribution in [0.2, 0.25) is 5.02 Å². The van der Waals surface area contributed by atoms with E-state index < -0.39 is 0 Å². The zero-order chi connectivity index (χ0) is 18.4. The van der Waals surface area contributed by atoms with Crippen LogP contribution in [0.15, 0.2) is 65.3 Å². The topological polar surface area (TPSA) is 60.7 Å². The average Bonchev–Trinajstić information content (AvgIpc) is 3.19. The van der Waals surface area contributed by atoms with Crippen LogP contribution in [0.4, 0.5) is 0 Å². The molecule has 0 bridgehead atoms. The first-order valence-corrected chi connectivity index (χ1v) is 8.40. The summed E-state index contributed by atoms with van der Waals surface area (Å²) in [7, 11) is 1.53. The van der Waals surface area contributed by atoms with Crippen LogP contribution in [-0.2, 0) is 13.2 Å². The summed E-state index contributed by atoms with van der Waals surface area (Å²) in [4.78, 5) is 12.3. The second kappa shape index (κ2) is 8.45. The van der Waals surface area contributed by atoms with E-state index in [2.05, 4.69) is 5.32 Å². The Morgan fingerprint density at radius 3 is 2.69 bits per heavy atom. The highest BCUT2D eigenvalue weighted by Crippen LogP contribution is 2.29. The molecular formula is C20H18ClNO4. The number of nitrogens with one attached hydrogen (secondary N) is 1. The molecule has 5 nitrogen and oxygen atoms in total. The van der Waals surface area contributed by atoms with Crippen molar-refractivity contribution in [1.29, 1.82) is 0 Å². The molecule has 1 N–H and O–H groups in total. The molecule has 0 radical (unpaired) electrons. The molecule has 0 aliphatic heterocycles. The first kappa shape index (κ1) is 17.9. The van der Waals surface area contributed by atoms with Gasteiger partial charge in [-0.2, -0.15) is 0 Å². The molecule has 2 aromatic carbocycles. The molecule has 1 aromatic heterocycles. The van der Waals surface area contributed by atoms with Crippen molar-refractivity contribution in [2.24, 2.45) is 0 Å². The second-order valence-electron chi connectivity index (χ2n) is 5.51. The van der Waals surface area contributed by atoms with Crippen molar-refractivity contribution in [3.05, 3.63) is 82.8 Å². The monoisotopic (exact) mass is 371 g/mol. The number of ether oxygens (including phenoxy) is 2. The summed E-state index contributed by atoms with van der Waals surface area (Å²) in [5.74, 6) is 1.47. The van der Waals surface area contributed by atoms with Crippen molar-refractivity contribution in [3.8, 4) is 11.5 Å². The van der Waals surface area contributed by atoms with Gasteiger partial charge in [0.15, 0.2) is 11.5 Å². The van der Waals surface area contributed by atoms with Crippen LogP contribution >= 0.6 is 11.6 Å². The number of rotatable bonds is 7. The van der Waals surface area contributed by atoms with Crippen molar-refractivity contribution >= 4 is 17.5 Å². The van der Waals surface area contributed by atoms with Gasteiger partial charge in [0.1, 0.15) is 12.4 Å². The molecule has 26 heavy (non-hydrogen) atoms. The van der Waals surface area contributed by atoms with Gasteiger partial charge in [0, 0.05) is 16.1 Å². The molecule has 0 saturated heterocycles. The number of hydrogen-bond acceptors (Lipinski definition) is 4.